The molecule has 0 saturated carbocycles. The second-order valence-electron chi connectivity index (χ2n) is 6.20. The van der Waals surface area contributed by atoms with E-state index in [-0.39, 0.29) is 11.7 Å². The lowest BCUT2D eigenvalue weighted by molar-refractivity contribution is 0.0951. The Morgan fingerprint density at radius 1 is 1.15 bits per heavy atom. The van der Waals surface area contributed by atoms with Crippen LogP contribution in [0.2, 0.25) is 0 Å². The van der Waals surface area contributed by atoms with Crippen molar-refractivity contribution in [3.05, 3.63) is 65.6 Å². The number of carbonyl (C=O) groups excluding carboxylic acids is 1. The fourth-order valence-corrected chi connectivity index (χ4v) is 3.02. The van der Waals surface area contributed by atoms with E-state index in [1.807, 2.05) is 18.2 Å². The largest absolute Gasteiger partial charge is 0.486 e. The Morgan fingerprint density at radius 2 is 1.89 bits per heavy atom. The first-order chi connectivity index (χ1) is 13.1. The average Bonchev–Trinajstić information content (AvgIpc) is 3.08. The Morgan fingerprint density at radius 3 is 2.67 bits per heavy atom. The normalized spacial score (nSPS) is 12.7. The minimum absolute atomic E-state index is 0.252. The van der Waals surface area contributed by atoms with Gasteiger partial charge in [-0.15, -0.1) is 0 Å². The molecule has 0 bridgehead atoms. The van der Waals surface area contributed by atoms with E-state index in [2.05, 4.69) is 10.4 Å². The number of carbonyl (C=O) groups is 1. The highest BCUT2D eigenvalue weighted by molar-refractivity contribution is 6.00. The van der Waals surface area contributed by atoms with Gasteiger partial charge in [-0.1, -0.05) is 12.1 Å². The number of ether oxygens (including phenoxy) is 2. The van der Waals surface area contributed by atoms with Crippen molar-refractivity contribution in [3.8, 4) is 22.8 Å². The summed E-state index contributed by atoms with van der Waals surface area (Å²) >= 11 is 0. The Hall–Kier alpha value is -3.35. The van der Waals surface area contributed by atoms with E-state index in [1.54, 1.807) is 23.9 Å². The van der Waals surface area contributed by atoms with Gasteiger partial charge in [0, 0.05) is 19.2 Å². The summed E-state index contributed by atoms with van der Waals surface area (Å²) in [5.74, 6) is 0.780. The van der Waals surface area contributed by atoms with Crippen LogP contribution in [0.3, 0.4) is 0 Å². The molecule has 0 fully saturated rings. The number of fused-ring (bicyclic) bond motifs is 1. The van der Waals surface area contributed by atoms with E-state index >= 15 is 0 Å². The number of nitrogens with one attached hydrogen (secondary N) is 1. The molecule has 0 atom stereocenters. The number of benzene rings is 2. The number of hydrogen-bond donors (Lipinski definition) is 1. The topological polar surface area (TPSA) is 65.4 Å². The molecule has 0 aliphatic carbocycles. The predicted molar refractivity (Wildman–Crippen MR) is 97.2 cm³/mol. The van der Waals surface area contributed by atoms with E-state index in [9.17, 15) is 9.18 Å². The summed E-state index contributed by atoms with van der Waals surface area (Å²) in [4.78, 5) is 12.7. The third kappa shape index (κ3) is 3.48. The van der Waals surface area contributed by atoms with Crippen LogP contribution in [0.4, 0.5) is 4.39 Å². The third-order valence-electron chi connectivity index (χ3n) is 4.37. The molecule has 4 rings (SSSR count). The second kappa shape index (κ2) is 7.11. The third-order valence-corrected chi connectivity index (χ3v) is 4.37. The number of nitrogens with zero attached hydrogens (tertiary/aromatic N) is 2. The van der Waals surface area contributed by atoms with Crippen LogP contribution < -0.4 is 14.8 Å². The van der Waals surface area contributed by atoms with Crippen molar-refractivity contribution in [2.75, 3.05) is 13.2 Å². The van der Waals surface area contributed by atoms with E-state index in [0.29, 0.717) is 42.5 Å². The van der Waals surface area contributed by atoms with Crippen LogP contribution in [-0.2, 0) is 13.6 Å². The van der Waals surface area contributed by atoms with Gasteiger partial charge in [-0.3, -0.25) is 9.48 Å². The molecule has 7 heteroatoms. The van der Waals surface area contributed by atoms with Gasteiger partial charge in [-0.05, 0) is 35.9 Å². The maximum atomic E-state index is 13.0. The predicted octanol–water partition coefficient (Wildman–Crippen LogP) is 2.93. The van der Waals surface area contributed by atoms with Crippen LogP contribution in [0.5, 0.6) is 11.5 Å². The molecule has 0 spiro atoms. The molecule has 2 heterocycles. The summed E-state index contributed by atoms with van der Waals surface area (Å²) < 4.78 is 25.8. The molecule has 0 unspecified atom stereocenters. The summed E-state index contributed by atoms with van der Waals surface area (Å²) in [6, 6.07) is 11.6. The van der Waals surface area contributed by atoms with Crippen LogP contribution in [0.1, 0.15) is 15.9 Å². The summed E-state index contributed by atoms with van der Waals surface area (Å²) in [6.07, 6.45) is 1.53. The molecular weight excluding hydrogens is 349 g/mol. The molecule has 2 aromatic carbocycles. The zero-order valence-corrected chi connectivity index (χ0v) is 14.7. The SMILES string of the molecule is Cn1ncc(C(=O)NCc2ccc(F)cc2)c1-c1ccc2c(c1)OCCO2. The number of aryl methyl sites for hydroxylation is 1. The highest BCUT2D eigenvalue weighted by Crippen LogP contribution is 2.35. The number of halogens is 1. The highest BCUT2D eigenvalue weighted by Gasteiger charge is 2.20. The van der Waals surface area contributed by atoms with Gasteiger partial charge >= 0.3 is 0 Å². The Balaban J connectivity index is 1.57. The zero-order chi connectivity index (χ0) is 18.8. The zero-order valence-electron chi connectivity index (χ0n) is 14.7. The van der Waals surface area contributed by atoms with Gasteiger partial charge in [-0.2, -0.15) is 5.10 Å². The Bertz CT molecular complexity index is 983. The molecule has 138 valence electrons. The van der Waals surface area contributed by atoms with Crippen LogP contribution in [-0.4, -0.2) is 28.9 Å². The Kier molecular flexibility index (Phi) is 4.50. The Labute approximate surface area is 155 Å². The molecule has 6 nitrogen and oxygen atoms in total. The van der Waals surface area contributed by atoms with Gasteiger partial charge < -0.3 is 14.8 Å². The summed E-state index contributed by atoms with van der Waals surface area (Å²) in [7, 11) is 1.78. The first-order valence-corrected chi connectivity index (χ1v) is 8.56. The molecule has 1 aliphatic rings. The number of aromatic nitrogens is 2. The molecular formula is C20H18FN3O3. The van der Waals surface area contributed by atoms with Gasteiger partial charge in [0.25, 0.3) is 5.91 Å². The quantitative estimate of drug-likeness (QED) is 0.770. The first-order valence-electron chi connectivity index (χ1n) is 8.56. The smallest absolute Gasteiger partial charge is 0.255 e. The maximum Gasteiger partial charge on any atom is 0.255 e. The molecule has 1 aliphatic heterocycles. The van der Waals surface area contributed by atoms with Gasteiger partial charge in [0.15, 0.2) is 11.5 Å². The fraction of sp³-hybridized carbons (Fsp3) is 0.200. The van der Waals surface area contributed by atoms with Gasteiger partial charge in [-0.25, -0.2) is 4.39 Å². The van der Waals surface area contributed by atoms with Crippen molar-refractivity contribution in [1.82, 2.24) is 15.1 Å². The molecule has 0 saturated heterocycles. The number of rotatable bonds is 4. The van der Waals surface area contributed by atoms with Gasteiger partial charge in [0.05, 0.1) is 17.5 Å². The van der Waals surface area contributed by atoms with Crippen LogP contribution in [0.25, 0.3) is 11.3 Å². The van der Waals surface area contributed by atoms with Crippen molar-refractivity contribution in [1.29, 1.82) is 0 Å². The van der Waals surface area contributed by atoms with Crippen molar-refractivity contribution in [3.63, 3.8) is 0 Å². The summed E-state index contributed by atoms with van der Waals surface area (Å²) in [5.41, 5.74) is 2.76. The number of amides is 1. The van der Waals surface area contributed by atoms with Crippen LogP contribution in [0, 0.1) is 5.82 Å². The molecule has 27 heavy (non-hydrogen) atoms. The van der Waals surface area contributed by atoms with Crippen molar-refractivity contribution in [2.45, 2.75) is 6.54 Å². The maximum absolute atomic E-state index is 13.0. The molecule has 1 amide bonds. The summed E-state index contributed by atoms with van der Waals surface area (Å²) in [5, 5.41) is 7.08. The van der Waals surface area contributed by atoms with E-state index in [4.69, 9.17) is 9.47 Å². The van der Waals surface area contributed by atoms with Crippen LogP contribution >= 0.6 is 0 Å². The van der Waals surface area contributed by atoms with E-state index in [1.165, 1.54) is 18.3 Å². The van der Waals surface area contributed by atoms with Gasteiger partial charge in [0.1, 0.15) is 19.0 Å². The first kappa shape index (κ1) is 17.1. The summed E-state index contributed by atoms with van der Waals surface area (Å²) in [6.45, 7) is 1.32. The highest BCUT2D eigenvalue weighted by atomic mass is 19.1. The second-order valence-corrected chi connectivity index (χ2v) is 6.20. The molecule has 0 radical (unpaired) electrons. The average molecular weight is 367 g/mol. The molecule has 1 N–H and O–H groups in total. The monoisotopic (exact) mass is 367 g/mol. The standard InChI is InChI=1S/C20H18FN3O3/c1-24-19(14-4-7-17-18(10-14)27-9-8-26-17)16(12-23-24)20(25)22-11-13-2-5-15(21)6-3-13/h2-7,10,12H,8-9,11H2,1H3,(H,22,25). The van der Waals surface area contributed by atoms with Crippen molar-refractivity contribution >= 4 is 5.91 Å². The molecule has 3 aromatic rings. The van der Waals surface area contributed by atoms with Crippen molar-refractivity contribution in [2.24, 2.45) is 7.05 Å². The lowest BCUT2D eigenvalue weighted by Gasteiger charge is -2.19. The van der Waals surface area contributed by atoms with Gasteiger partial charge in [0.2, 0.25) is 0 Å². The van der Waals surface area contributed by atoms with Crippen molar-refractivity contribution < 1.29 is 18.7 Å². The van der Waals surface area contributed by atoms with E-state index in [0.717, 1.165) is 11.1 Å². The number of hydrogen-bond acceptors (Lipinski definition) is 4. The van der Waals surface area contributed by atoms with Crippen LogP contribution in [0.15, 0.2) is 48.7 Å². The fourth-order valence-electron chi connectivity index (χ4n) is 3.02. The molecule has 1 aromatic heterocycles. The minimum Gasteiger partial charge on any atom is -0.486 e. The minimum atomic E-state index is -0.307. The lowest BCUT2D eigenvalue weighted by Crippen LogP contribution is -2.23. The van der Waals surface area contributed by atoms with E-state index < -0.39 is 0 Å². The lowest BCUT2D eigenvalue weighted by atomic mass is 10.1.